The second kappa shape index (κ2) is 14.2. The van der Waals surface area contributed by atoms with Gasteiger partial charge in [0.15, 0.2) is 0 Å². The number of nitrogens with one attached hydrogen (secondary N) is 4. The standard InChI is InChI=1S/C11H26N4O3/c16-10-14-9-13-7-4-6-12-5-2-1-3-8-15-11(17)18/h12-16H,1-10H2,(H,17,18). The van der Waals surface area contributed by atoms with Gasteiger partial charge in [-0.3, -0.25) is 5.32 Å². The van der Waals surface area contributed by atoms with Gasteiger partial charge >= 0.3 is 6.09 Å². The summed E-state index contributed by atoms with van der Waals surface area (Å²) in [7, 11) is 0. The summed E-state index contributed by atoms with van der Waals surface area (Å²) in [5.74, 6) is 0. The predicted octanol–water partition coefficient (Wildman–Crippen LogP) is -0.509. The van der Waals surface area contributed by atoms with Crippen molar-refractivity contribution < 1.29 is 15.0 Å². The summed E-state index contributed by atoms with van der Waals surface area (Å²) < 4.78 is 0. The number of aliphatic hydroxyl groups excluding tert-OH is 1. The van der Waals surface area contributed by atoms with E-state index < -0.39 is 6.09 Å². The maximum absolute atomic E-state index is 10.2. The molecule has 7 heteroatoms. The average molecular weight is 262 g/mol. The number of carbonyl (C=O) groups is 1. The first-order valence-electron chi connectivity index (χ1n) is 6.47. The van der Waals surface area contributed by atoms with E-state index in [4.69, 9.17) is 10.2 Å². The minimum absolute atomic E-state index is 0.00197. The van der Waals surface area contributed by atoms with E-state index in [1.165, 1.54) is 0 Å². The third-order valence-corrected chi connectivity index (χ3v) is 2.38. The first-order valence-corrected chi connectivity index (χ1v) is 6.47. The molecule has 0 aliphatic heterocycles. The first-order chi connectivity index (χ1) is 8.77. The lowest BCUT2D eigenvalue weighted by molar-refractivity contribution is 0.194. The van der Waals surface area contributed by atoms with E-state index >= 15 is 0 Å². The van der Waals surface area contributed by atoms with Crippen molar-refractivity contribution >= 4 is 6.09 Å². The lowest BCUT2D eigenvalue weighted by Gasteiger charge is -2.06. The van der Waals surface area contributed by atoms with E-state index in [0.29, 0.717) is 13.2 Å². The Kier molecular flexibility index (Phi) is 13.5. The normalized spacial score (nSPS) is 10.5. The second-order valence-corrected chi connectivity index (χ2v) is 3.98. The van der Waals surface area contributed by atoms with Crippen LogP contribution in [0.1, 0.15) is 25.7 Å². The highest BCUT2D eigenvalue weighted by Gasteiger charge is 1.93. The molecule has 0 aromatic heterocycles. The SMILES string of the molecule is O=C(O)NCCCCCNCCCNCNCO. The fourth-order valence-corrected chi connectivity index (χ4v) is 1.44. The molecule has 0 saturated carbocycles. The van der Waals surface area contributed by atoms with Crippen LogP contribution in [0.15, 0.2) is 0 Å². The van der Waals surface area contributed by atoms with Crippen LogP contribution in [0.25, 0.3) is 0 Å². The van der Waals surface area contributed by atoms with Crippen molar-refractivity contribution in [1.29, 1.82) is 0 Å². The molecule has 0 radical (unpaired) electrons. The predicted molar refractivity (Wildman–Crippen MR) is 70.5 cm³/mol. The monoisotopic (exact) mass is 262 g/mol. The van der Waals surface area contributed by atoms with Crippen molar-refractivity contribution in [3.8, 4) is 0 Å². The zero-order valence-corrected chi connectivity index (χ0v) is 10.9. The fourth-order valence-electron chi connectivity index (χ4n) is 1.44. The highest BCUT2D eigenvalue weighted by molar-refractivity contribution is 5.64. The Hall–Kier alpha value is -0.890. The van der Waals surface area contributed by atoms with Gasteiger partial charge in [0.1, 0.15) is 0 Å². The number of aliphatic hydroxyl groups is 1. The molecule has 0 aliphatic rings. The van der Waals surface area contributed by atoms with Gasteiger partial charge in [-0.05, 0) is 38.9 Å². The van der Waals surface area contributed by atoms with Gasteiger partial charge in [-0.25, -0.2) is 4.79 Å². The maximum atomic E-state index is 10.2. The lowest BCUT2D eigenvalue weighted by atomic mass is 10.2. The van der Waals surface area contributed by atoms with Gasteiger partial charge < -0.3 is 26.2 Å². The Morgan fingerprint density at radius 2 is 1.50 bits per heavy atom. The summed E-state index contributed by atoms with van der Waals surface area (Å²) in [5, 5.41) is 28.4. The molecule has 18 heavy (non-hydrogen) atoms. The van der Waals surface area contributed by atoms with Crippen molar-refractivity contribution in [3.05, 3.63) is 0 Å². The average Bonchev–Trinajstić information content (AvgIpc) is 2.34. The highest BCUT2D eigenvalue weighted by Crippen LogP contribution is 1.92. The molecule has 0 unspecified atom stereocenters. The van der Waals surface area contributed by atoms with Crippen LogP contribution in [0, 0.1) is 0 Å². The van der Waals surface area contributed by atoms with Crippen LogP contribution in [0.2, 0.25) is 0 Å². The van der Waals surface area contributed by atoms with Crippen LogP contribution >= 0.6 is 0 Å². The molecule has 0 bridgehead atoms. The second-order valence-electron chi connectivity index (χ2n) is 3.98. The van der Waals surface area contributed by atoms with E-state index in [0.717, 1.165) is 45.3 Å². The van der Waals surface area contributed by atoms with Gasteiger partial charge in [0.25, 0.3) is 0 Å². The number of hydrogen-bond acceptors (Lipinski definition) is 5. The Labute approximate surface area is 108 Å². The Morgan fingerprint density at radius 3 is 2.22 bits per heavy atom. The molecule has 0 fully saturated rings. The Bertz CT molecular complexity index is 193. The van der Waals surface area contributed by atoms with E-state index in [1.54, 1.807) is 0 Å². The van der Waals surface area contributed by atoms with Crippen LogP contribution in [0.4, 0.5) is 4.79 Å². The number of amides is 1. The van der Waals surface area contributed by atoms with Crippen molar-refractivity contribution in [2.45, 2.75) is 25.7 Å². The molecular formula is C11H26N4O3. The molecule has 0 heterocycles. The minimum Gasteiger partial charge on any atom is -0.465 e. The highest BCUT2D eigenvalue weighted by atomic mass is 16.4. The van der Waals surface area contributed by atoms with Crippen molar-refractivity contribution in [2.75, 3.05) is 39.6 Å². The molecule has 0 aromatic carbocycles. The molecular weight excluding hydrogens is 236 g/mol. The fraction of sp³-hybridized carbons (Fsp3) is 0.909. The maximum Gasteiger partial charge on any atom is 0.404 e. The third-order valence-electron chi connectivity index (χ3n) is 2.38. The van der Waals surface area contributed by atoms with Gasteiger partial charge in [-0.15, -0.1) is 0 Å². The molecule has 6 N–H and O–H groups in total. The van der Waals surface area contributed by atoms with Crippen LogP contribution in [-0.4, -0.2) is 55.9 Å². The van der Waals surface area contributed by atoms with E-state index in [2.05, 4.69) is 21.3 Å². The van der Waals surface area contributed by atoms with Crippen LogP contribution in [-0.2, 0) is 0 Å². The molecule has 1 amide bonds. The first kappa shape index (κ1) is 17.1. The van der Waals surface area contributed by atoms with E-state index in [9.17, 15) is 4.79 Å². The van der Waals surface area contributed by atoms with Crippen molar-refractivity contribution in [2.24, 2.45) is 0 Å². The Balaban J connectivity index is 2.92. The third kappa shape index (κ3) is 15.1. The van der Waals surface area contributed by atoms with Gasteiger partial charge in [0.05, 0.1) is 6.73 Å². The molecule has 0 aromatic rings. The molecule has 0 aliphatic carbocycles. The molecule has 7 nitrogen and oxygen atoms in total. The summed E-state index contributed by atoms with van der Waals surface area (Å²) in [6.45, 7) is 4.04. The largest absolute Gasteiger partial charge is 0.465 e. The van der Waals surface area contributed by atoms with Gasteiger partial charge in [-0.2, -0.15) is 0 Å². The van der Waals surface area contributed by atoms with Gasteiger partial charge in [0, 0.05) is 13.2 Å². The van der Waals surface area contributed by atoms with Crippen LogP contribution < -0.4 is 21.3 Å². The summed E-state index contributed by atoms with van der Waals surface area (Å²) in [4.78, 5) is 10.2. The smallest absolute Gasteiger partial charge is 0.404 e. The number of rotatable bonds is 13. The summed E-state index contributed by atoms with van der Waals surface area (Å²) in [6, 6.07) is 0. The lowest BCUT2D eigenvalue weighted by Crippen LogP contribution is -2.31. The summed E-state index contributed by atoms with van der Waals surface area (Å²) in [6.07, 6.45) is 3.10. The summed E-state index contributed by atoms with van der Waals surface area (Å²) >= 11 is 0. The quantitative estimate of drug-likeness (QED) is 0.197. The number of hydrogen-bond donors (Lipinski definition) is 6. The molecule has 108 valence electrons. The topological polar surface area (TPSA) is 106 Å². The number of carboxylic acid groups (broad SMARTS) is 1. The zero-order chi connectivity index (χ0) is 13.5. The number of unbranched alkanes of at least 4 members (excludes halogenated alkanes) is 2. The van der Waals surface area contributed by atoms with E-state index in [-0.39, 0.29) is 6.73 Å². The Morgan fingerprint density at radius 1 is 0.833 bits per heavy atom. The molecule has 0 atom stereocenters. The van der Waals surface area contributed by atoms with Crippen molar-refractivity contribution in [3.63, 3.8) is 0 Å². The van der Waals surface area contributed by atoms with Crippen LogP contribution in [0.5, 0.6) is 0 Å². The molecule has 0 saturated heterocycles. The van der Waals surface area contributed by atoms with Crippen LogP contribution in [0.3, 0.4) is 0 Å². The molecule has 0 spiro atoms. The summed E-state index contributed by atoms with van der Waals surface area (Å²) in [5.41, 5.74) is 0. The molecule has 0 rings (SSSR count). The minimum atomic E-state index is -0.948. The zero-order valence-electron chi connectivity index (χ0n) is 10.9. The van der Waals surface area contributed by atoms with Crippen molar-refractivity contribution in [1.82, 2.24) is 21.3 Å². The van der Waals surface area contributed by atoms with Gasteiger partial charge in [-0.1, -0.05) is 6.42 Å². The van der Waals surface area contributed by atoms with Gasteiger partial charge in [0.2, 0.25) is 0 Å². The van der Waals surface area contributed by atoms with E-state index in [1.807, 2.05) is 0 Å².